The number of ether oxygens (including phenoxy) is 1. The quantitative estimate of drug-likeness (QED) is 0.662. The largest absolute Gasteiger partial charge is 0.492 e. The lowest BCUT2D eigenvalue weighted by Crippen LogP contribution is -2.50. The summed E-state index contributed by atoms with van der Waals surface area (Å²) in [5.74, 6) is 0.742. The summed E-state index contributed by atoms with van der Waals surface area (Å²) in [7, 11) is 1.58. The molecule has 1 aliphatic rings. The molecule has 2 heterocycles. The van der Waals surface area contributed by atoms with E-state index < -0.39 is 0 Å². The van der Waals surface area contributed by atoms with Gasteiger partial charge in [-0.3, -0.25) is 14.5 Å². The van der Waals surface area contributed by atoms with E-state index in [0.717, 1.165) is 25.4 Å². The number of benzene rings is 2. The van der Waals surface area contributed by atoms with Gasteiger partial charge in [-0.1, -0.05) is 36.4 Å². The van der Waals surface area contributed by atoms with Crippen molar-refractivity contribution in [1.82, 2.24) is 19.6 Å². The van der Waals surface area contributed by atoms with E-state index in [4.69, 9.17) is 4.74 Å². The predicted octanol–water partition coefficient (Wildman–Crippen LogP) is 1.77. The first-order valence-electron chi connectivity index (χ1n) is 9.79. The monoisotopic (exact) mass is 392 g/mol. The molecule has 0 atom stereocenters. The number of carbonyl (C=O) groups excluding carboxylic acids is 1. The SMILES string of the molecule is Cn1nc(C(=O)N2CCN(CCOc3ccccc3)CC2)c2ccccc2c1=O. The van der Waals surface area contributed by atoms with Gasteiger partial charge in [0.05, 0.1) is 5.39 Å². The summed E-state index contributed by atoms with van der Waals surface area (Å²) in [5.41, 5.74) is 0.143. The standard InChI is InChI=1S/C22H24N4O3/c1-24-21(27)19-10-6-5-9-18(19)20(23-24)22(28)26-13-11-25(12-14-26)15-16-29-17-7-3-2-4-8-17/h2-10H,11-16H2,1H3. The Morgan fingerprint density at radius 1 is 0.966 bits per heavy atom. The van der Waals surface area contributed by atoms with Crippen molar-refractivity contribution in [3.8, 4) is 5.75 Å². The number of carbonyl (C=O) groups is 1. The fraction of sp³-hybridized carbons (Fsp3) is 0.318. The van der Waals surface area contributed by atoms with Crippen LogP contribution in [-0.2, 0) is 7.05 Å². The van der Waals surface area contributed by atoms with E-state index in [1.54, 1.807) is 25.2 Å². The average molecular weight is 392 g/mol. The van der Waals surface area contributed by atoms with Gasteiger partial charge in [-0.2, -0.15) is 5.10 Å². The van der Waals surface area contributed by atoms with Crippen molar-refractivity contribution in [2.24, 2.45) is 7.05 Å². The van der Waals surface area contributed by atoms with Crippen LogP contribution >= 0.6 is 0 Å². The Balaban J connectivity index is 1.38. The molecule has 0 unspecified atom stereocenters. The van der Waals surface area contributed by atoms with Crippen LogP contribution in [0, 0.1) is 0 Å². The molecule has 150 valence electrons. The number of para-hydroxylation sites is 1. The van der Waals surface area contributed by atoms with Gasteiger partial charge in [-0.15, -0.1) is 0 Å². The van der Waals surface area contributed by atoms with E-state index in [-0.39, 0.29) is 11.5 Å². The normalized spacial score (nSPS) is 14.9. The molecule has 7 nitrogen and oxygen atoms in total. The third kappa shape index (κ3) is 4.14. The number of nitrogens with zero attached hydrogens (tertiary/aromatic N) is 4. The summed E-state index contributed by atoms with van der Waals surface area (Å²) in [4.78, 5) is 29.5. The van der Waals surface area contributed by atoms with Crippen LogP contribution in [0.5, 0.6) is 5.75 Å². The molecule has 3 aromatic rings. The van der Waals surface area contributed by atoms with Gasteiger partial charge in [-0.05, 0) is 18.2 Å². The first-order valence-corrected chi connectivity index (χ1v) is 9.79. The molecule has 0 bridgehead atoms. The zero-order chi connectivity index (χ0) is 20.2. The molecule has 0 N–H and O–H groups in total. The van der Waals surface area contributed by atoms with Gasteiger partial charge < -0.3 is 9.64 Å². The number of fused-ring (bicyclic) bond motifs is 1. The topological polar surface area (TPSA) is 67.7 Å². The maximum atomic E-state index is 13.1. The minimum Gasteiger partial charge on any atom is -0.492 e. The number of hydrogen-bond acceptors (Lipinski definition) is 5. The van der Waals surface area contributed by atoms with Gasteiger partial charge in [0.1, 0.15) is 12.4 Å². The van der Waals surface area contributed by atoms with E-state index >= 15 is 0 Å². The number of rotatable bonds is 5. The highest BCUT2D eigenvalue weighted by atomic mass is 16.5. The molecule has 7 heteroatoms. The second-order valence-electron chi connectivity index (χ2n) is 7.12. The minimum absolute atomic E-state index is 0.128. The molecule has 2 aromatic carbocycles. The summed E-state index contributed by atoms with van der Waals surface area (Å²) < 4.78 is 7.00. The molecule has 0 saturated carbocycles. The second kappa shape index (κ2) is 8.45. The lowest BCUT2D eigenvalue weighted by atomic mass is 10.1. The summed E-state index contributed by atoms with van der Waals surface area (Å²) in [5, 5.41) is 5.39. The van der Waals surface area contributed by atoms with Crippen molar-refractivity contribution in [2.75, 3.05) is 39.3 Å². The maximum absolute atomic E-state index is 13.1. The van der Waals surface area contributed by atoms with Crippen LogP contribution in [-0.4, -0.2) is 64.8 Å². The number of piperazine rings is 1. The molecule has 4 rings (SSSR count). The minimum atomic E-state index is -0.194. The number of aromatic nitrogens is 2. The predicted molar refractivity (Wildman–Crippen MR) is 111 cm³/mol. The summed E-state index contributed by atoms with van der Waals surface area (Å²) in [6, 6.07) is 16.9. The highest BCUT2D eigenvalue weighted by Gasteiger charge is 2.25. The molecule has 29 heavy (non-hydrogen) atoms. The number of aryl methyl sites for hydroxylation is 1. The molecule has 1 amide bonds. The second-order valence-corrected chi connectivity index (χ2v) is 7.12. The maximum Gasteiger partial charge on any atom is 0.275 e. The summed E-state index contributed by atoms with van der Waals surface area (Å²) in [6.45, 7) is 4.26. The molecule has 1 aromatic heterocycles. The Morgan fingerprint density at radius 3 is 2.34 bits per heavy atom. The average Bonchev–Trinajstić information content (AvgIpc) is 2.77. The Hall–Kier alpha value is -3.19. The van der Waals surface area contributed by atoms with Gasteiger partial charge in [-0.25, -0.2) is 4.68 Å². The molecular weight excluding hydrogens is 368 g/mol. The van der Waals surface area contributed by atoms with Crippen LogP contribution in [0.1, 0.15) is 10.5 Å². The Labute approximate surface area is 169 Å². The third-order valence-electron chi connectivity index (χ3n) is 5.24. The number of hydrogen-bond donors (Lipinski definition) is 0. The van der Waals surface area contributed by atoms with Crippen molar-refractivity contribution in [1.29, 1.82) is 0 Å². The molecule has 1 fully saturated rings. The molecule has 0 radical (unpaired) electrons. The van der Waals surface area contributed by atoms with E-state index in [2.05, 4.69) is 10.00 Å². The van der Waals surface area contributed by atoms with Crippen molar-refractivity contribution in [3.63, 3.8) is 0 Å². The van der Waals surface area contributed by atoms with E-state index in [1.807, 2.05) is 41.3 Å². The Bertz CT molecular complexity index is 1060. The van der Waals surface area contributed by atoms with Gasteiger partial charge in [0.25, 0.3) is 11.5 Å². The highest BCUT2D eigenvalue weighted by Crippen LogP contribution is 2.16. The fourth-order valence-electron chi connectivity index (χ4n) is 3.59. The van der Waals surface area contributed by atoms with Gasteiger partial charge in [0.15, 0.2) is 5.69 Å². The van der Waals surface area contributed by atoms with Crippen LogP contribution in [0.2, 0.25) is 0 Å². The first-order chi connectivity index (χ1) is 14.1. The van der Waals surface area contributed by atoms with Gasteiger partial charge in [0, 0.05) is 45.2 Å². The zero-order valence-electron chi connectivity index (χ0n) is 16.5. The molecule has 0 spiro atoms. The van der Waals surface area contributed by atoms with E-state index in [0.29, 0.717) is 36.2 Å². The smallest absolute Gasteiger partial charge is 0.275 e. The van der Waals surface area contributed by atoms with Crippen molar-refractivity contribution in [3.05, 3.63) is 70.6 Å². The Morgan fingerprint density at radius 2 is 1.62 bits per heavy atom. The third-order valence-corrected chi connectivity index (χ3v) is 5.24. The van der Waals surface area contributed by atoms with Crippen molar-refractivity contribution < 1.29 is 9.53 Å². The van der Waals surface area contributed by atoms with Crippen LogP contribution in [0.25, 0.3) is 10.8 Å². The highest BCUT2D eigenvalue weighted by molar-refractivity contribution is 6.04. The molecule has 1 aliphatic heterocycles. The molecule has 1 saturated heterocycles. The van der Waals surface area contributed by atoms with Crippen molar-refractivity contribution >= 4 is 16.7 Å². The number of amides is 1. The van der Waals surface area contributed by atoms with E-state index in [9.17, 15) is 9.59 Å². The lowest BCUT2D eigenvalue weighted by Gasteiger charge is -2.34. The summed E-state index contributed by atoms with van der Waals surface area (Å²) >= 11 is 0. The van der Waals surface area contributed by atoms with Crippen molar-refractivity contribution in [2.45, 2.75) is 0 Å². The van der Waals surface area contributed by atoms with E-state index in [1.165, 1.54) is 4.68 Å². The first kappa shape index (κ1) is 19.1. The Kier molecular flexibility index (Phi) is 5.57. The van der Waals surface area contributed by atoms with Gasteiger partial charge >= 0.3 is 0 Å². The van der Waals surface area contributed by atoms with Crippen LogP contribution in [0.4, 0.5) is 0 Å². The fourth-order valence-corrected chi connectivity index (χ4v) is 3.59. The lowest BCUT2D eigenvalue weighted by molar-refractivity contribution is 0.0614. The van der Waals surface area contributed by atoms with Crippen LogP contribution < -0.4 is 10.3 Å². The van der Waals surface area contributed by atoms with Crippen LogP contribution in [0.15, 0.2) is 59.4 Å². The van der Waals surface area contributed by atoms with Crippen LogP contribution in [0.3, 0.4) is 0 Å². The molecule has 0 aliphatic carbocycles. The summed E-state index contributed by atoms with van der Waals surface area (Å²) in [6.07, 6.45) is 0. The zero-order valence-corrected chi connectivity index (χ0v) is 16.5. The molecular formula is C22H24N4O3. The van der Waals surface area contributed by atoms with Gasteiger partial charge in [0.2, 0.25) is 0 Å².